The summed E-state index contributed by atoms with van der Waals surface area (Å²) in [4.78, 5) is 12.4. The quantitative estimate of drug-likeness (QED) is 0.607. The number of amides is 1. The maximum absolute atomic E-state index is 12.4. The Balaban J connectivity index is 1.39. The minimum Gasteiger partial charge on any atom is -0.486 e. The summed E-state index contributed by atoms with van der Waals surface area (Å²) >= 11 is 9.31. The van der Waals surface area contributed by atoms with Gasteiger partial charge < -0.3 is 19.5 Å². The van der Waals surface area contributed by atoms with E-state index >= 15 is 0 Å². The molecule has 7 nitrogen and oxygen atoms in total. The number of carbonyl (C=O) groups is 1. The minimum atomic E-state index is -0.330. The van der Waals surface area contributed by atoms with Crippen molar-refractivity contribution in [2.75, 3.05) is 18.5 Å². The lowest BCUT2D eigenvalue weighted by molar-refractivity contribution is 0.102. The van der Waals surface area contributed by atoms with Crippen LogP contribution in [0, 0.1) is 0 Å². The molecule has 0 saturated carbocycles. The molecule has 2 aromatic carbocycles. The Morgan fingerprint density at radius 1 is 1.18 bits per heavy atom. The van der Waals surface area contributed by atoms with Crippen LogP contribution < -0.4 is 19.5 Å². The largest absolute Gasteiger partial charge is 0.486 e. The molecule has 2 heterocycles. The van der Waals surface area contributed by atoms with Crippen LogP contribution in [0.2, 0.25) is 5.02 Å². The van der Waals surface area contributed by atoms with Crippen LogP contribution in [0.5, 0.6) is 17.2 Å². The number of rotatable bonds is 5. The molecule has 4 rings (SSSR count). The molecule has 144 valence electrons. The Morgan fingerprint density at radius 3 is 2.82 bits per heavy atom. The molecule has 0 fully saturated rings. The summed E-state index contributed by atoms with van der Waals surface area (Å²) in [5, 5.41) is 7.64. The summed E-state index contributed by atoms with van der Waals surface area (Å²) in [6.07, 6.45) is 1.67. The maximum atomic E-state index is 12.4. The lowest BCUT2D eigenvalue weighted by atomic mass is 10.2. The molecule has 1 aromatic heterocycles. The highest BCUT2D eigenvalue weighted by atomic mass is 79.9. The van der Waals surface area contributed by atoms with Crippen LogP contribution in [0.1, 0.15) is 10.5 Å². The highest BCUT2D eigenvalue weighted by Gasteiger charge is 2.15. The standard InChI is InChI=1S/C19H15BrClN3O4/c20-14-9-12(21)1-3-16(14)28-11-24-6-5-15(23-24)19(25)22-13-2-4-17-18(10-13)27-8-7-26-17/h1-6,9-10H,7-8,11H2,(H,22,25). The number of nitrogens with zero attached hydrogens (tertiary/aromatic N) is 2. The zero-order chi connectivity index (χ0) is 19.5. The van der Waals surface area contributed by atoms with Crippen LogP contribution in [-0.4, -0.2) is 28.9 Å². The fraction of sp³-hybridized carbons (Fsp3) is 0.158. The summed E-state index contributed by atoms with van der Waals surface area (Å²) in [6.45, 7) is 1.15. The number of carbonyl (C=O) groups excluding carboxylic acids is 1. The fourth-order valence-electron chi connectivity index (χ4n) is 2.60. The van der Waals surface area contributed by atoms with Crippen molar-refractivity contribution in [2.45, 2.75) is 6.73 Å². The third-order valence-electron chi connectivity index (χ3n) is 3.92. The van der Waals surface area contributed by atoms with Crippen molar-refractivity contribution in [3.63, 3.8) is 0 Å². The molecule has 0 radical (unpaired) electrons. The van der Waals surface area contributed by atoms with Crippen LogP contribution >= 0.6 is 27.5 Å². The lowest BCUT2D eigenvalue weighted by Gasteiger charge is -2.18. The van der Waals surface area contributed by atoms with E-state index in [9.17, 15) is 4.79 Å². The molecule has 28 heavy (non-hydrogen) atoms. The van der Waals surface area contributed by atoms with Gasteiger partial charge in [0.05, 0.1) is 4.47 Å². The molecular formula is C19H15BrClN3O4. The highest BCUT2D eigenvalue weighted by molar-refractivity contribution is 9.10. The molecule has 0 bridgehead atoms. The van der Waals surface area contributed by atoms with E-state index in [-0.39, 0.29) is 18.3 Å². The first-order valence-electron chi connectivity index (χ1n) is 8.41. The Labute approximate surface area is 174 Å². The van der Waals surface area contributed by atoms with Gasteiger partial charge in [-0.25, -0.2) is 4.68 Å². The average Bonchev–Trinajstić information content (AvgIpc) is 3.16. The van der Waals surface area contributed by atoms with E-state index in [4.69, 9.17) is 25.8 Å². The molecule has 1 N–H and O–H groups in total. The van der Waals surface area contributed by atoms with Gasteiger partial charge in [-0.2, -0.15) is 5.10 Å². The van der Waals surface area contributed by atoms with Crippen molar-refractivity contribution in [3.8, 4) is 17.2 Å². The summed E-state index contributed by atoms with van der Waals surface area (Å²) in [6, 6.07) is 12.1. The van der Waals surface area contributed by atoms with E-state index in [1.807, 2.05) is 0 Å². The first-order valence-corrected chi connectivity index (χ1v) is 9.58. The van der Waals surface area contributed by atoms with E-state index in [1.54, 1.807) is 48.7 Å². The first-order chi connectivity index (χ1) is 13.6. The predicted octanol–water partition coefficient (Wildman–Crippen LogP) is 4.36. The molecule has 1 aliphatic heterocycles. The van der Waals surface area contributed by atoms with E-state index in [0.717, 1.165) is 4.47 Å². The van der Waals surface area contributed by atoms with Gasteiger partial charge in [0.15, 0.2) is 23.9 Å². The number of anilines is 1. The molecule has 0 atom stereocenters. The number of ether oxygens (including phenoxy) is 3. The second-order valence-corrected chi connectivity index (χ2v) is 7.19. The molecular weight excluding hydrogens is 450 g/mol. The van der Waals surface area contributed by atoms with Crippen molar-refractivity contribution < 1.29 is 19.0 Å². The normalized spacial score (nSPS) is 12.5. The van der Waals surface area contributed by atoms with E-state index in [0.29, 0.717) is 41.2 Å². The molecule has 0 unspecified atom stereocenters. The van der Waals surface area contributed by atoms with Crippen LogP contribution in [0.15, 0.2) is 53.1 Å². The Bertz CT molecular complexity index is 1020. The summed E-state index contributed by atoms with van der Waals surface area (Å²) in [7, 11) is 0. The topological polar surface area (TPSA) is 74.6 Å². The van der Waals surface area contributed by atoms with Crippen molar-refractivity contribution in [3.05, 3.63) is 63.9 Å². The van der Waals surface area contributed by atoms with Crippen LogP contribution in [0.4, 0.5) is 5.69 Å². The van der Waals surface area contributed by atoms with Gasteiger partial charge >= 0.3 is 0 Å². The summed E-state index contributed by atoms with van der Waals surface area (Å²) < 4.78 is 18.9. The van der Waals surface area contributed by atoms with E-state index < -0.39 is 0 Å². The average molecular weight is 465 g/mol. The van der Waals surface area contributed by atoms with Gasteiger partial charge in [-0.15, -0.1) is 0 Å². The highest BCUT2D eigenvalue weighted by Crippen LogP contribution is 2.32. The molecule has 0 spiro atoms. The van der Waals surface area contributed by atoms with E-state index in [1.165, 1.54) is 4.68 Å². The molecule has 0 aliphatic carbocycles. The van der Waals surface area contributed by atoms with Gasteiger partial charge in [0.2, 0.25) is 0 Å². The smallest absolute Gasteiger partial charge is 0.276 e. The van der Waals surface area contributed by atoms with E-state index in [2.05, 4.69) is 26.3 Å². The number of halogens is 2. The SMILES string of the molecule is O=C(Nc1ccc2c(c1)OCCO2)c1ccn(COc2ccc(Cl)cc2Br)n1. The van der Waals surface area contributed by atoms with Gasteiger partial charge in [0.25, 0.3) is 5.91 Å². The Morgan fingerprint density at radius 2 is 2.00 bits per heavy atom. The molecule has 0 saturated heterocycles. The number of nitrogens with one attached hydrogen (secondary N) is 1. The third kappa shape index (κ3) is 4.23. The monoisotopic (exact) mass is 463 g/mol. The van der Waals surface area contributed by atoms with Crippen molar-refractivity contribution >= 4 is 39.1 Å². The zero-order valence-electron chi connectivity index (χ0n) is 14.5. The second kappa shape index (κ2) is 8.12. The Hall–Kier alpha value is -2.71. The predicted molar refractivity (Wildman–Crippen MR) is 107 cm³/mol. The molecule has 1 amide bonds. The summed E-state index contributed by atoms with van der Waals surface area (Å²) in [5.41, 5.74) is 0.874. The van der Waals surface area contributed by atoms with Crippen molar-refractivity contribution in [1.82, 2.24) is 9.78 Å². The molecule has 3 aromatic rings. The number of fused-ring (bicyclic) bond motifs is 1. The van der Waals surface area contributed by atoms with Crippen molar-refractivity contribution in [1.29, 1.82) is 0 Å². The van der Waals surface area contributed by atoms with Crippen LogP contribution in [-0.2, 0) is 6.73 Å². The first kappa shape index (κ1) is 18.6. The number of hydrogen-bond donors (Lipinski definition) is 1. The molecule has 1 aliphatic rings. The molecule has 9 heteroatoms. The third-order valence-corrected chi connectivity index (χ3v) is 4.77. The van der Waals surface area contributed by atoms with Gasteiger partial charge in [0.1, 0.15) is 19.0 Å². The van der Waals surface area contributed by atoms with Gasteiger partial charge in [-0.1, -0.05) is 11.6 Å². The van der Waals surface area contributed by atoms with Gasteiger partial charge in [0, 0.05) is 23.0 Å². The minimum absolute atomic E-state index is 0.150. The maximum Gasteiger partial charge on any atom is 0.276 e. The fourth-order valence-corrected chi connectivity index (χ4v) is 3.40. The number of benzene rings is 2. The number of hydrogen-bond acceptors (Lipinski definition) is 5. The van der Waals surface area contributed by atoms with Gasteiger partial charge in [-0.05, 0) is 52.3 Å². The summed E-state index contributed by atoms with van der Waals surface area (Å²) in [5.74, 6) is 1.57. The Kier molecular flexibility index (Phi) is 5.40. The van der Waals surface area contributed by atoms with Gasteiger partial charge in [-0.3, -0.25) is 4.79 Å². The van der Waals surface area contributed by atoms with Crippen molar-refractivity contribution in [2.24, 2.45) is 0 Å². The second-order valence-electron chi connectivity index (χ2n) is 5.90. The zero-order valence-corrected chi connectivity index (χ0v) is 16.9. The van der Waals surface area contributed by atoms with Crippen LogP contribution in [0.3, 0.4) is 0 Å². The lowest BCUT2D eigenvalue weighted by Crippen LogP contribution is -2.17. The number of aromatic nitrogens is 2. The van der Waals surface area contributed by atoms with Crippen LogP contribution in [0.25, 0.3) is 0 Å².